The molecule has 0 saturated carbocycles. The molecule has 1 aromatic rings. The SMILES string of the molecule is COc1ccc(CN=C(N)NCC(C)O)cc1OC. The molecule has 0 aliphatic heterocycles. The second kappa shape index (κ2) is 7.48. The van der Waals surface area contributed by atoms with E-state index in [-0.39, 0.29) is 0 Å². The minimum Gasteiger partial charge on any atom is -0.493 e. The zero-order chi connectivity index (χ0) is 14.3. The Hall–Kier alpha value is -1.95. The Morgan fingerprint density at radius 1 is 1.37 bits per heavy atom. The number of benzene rings is 1. The molecule has 4 N–H and O–H groups in total. The fourth-order valence-electron chi connectivity index (χ4n) is 1.46. The summed E-state index contributed by atoms with van der Waals surface area (Å²) in [6.45, 7) is 2.48. The number of nitrogens with zero attached hydrogens (tertiary/aromatic N) is 1. The molecule has 0 saturated heterocycles. The average molecular weight is 267 g/mol. The lowest BCUT2D eigenvalue weighted by Gasteiger charge is -2.09. The van der Waals surface area contributed by atoms with Crippen LogP contribution in [-0.4, -0.2) is 37.9 Å². The van der Waals surface area contributed by atoms with E-state index < -0.39 is 6.10 Å². The van der Waals surface area contributed by atoms with Crippen LogP contribution >= 0.6 is 0 Å². The molecule has 1 aromatic carbocycles. The van der Waals surface area contributed by atoms with Crippen molar-refractivity contribution in [3.8, 4) is 11.5 Å². The number of hydrogen-bond donors (Lipinski definition) is 3. The Bertz CT molecular complexity index is 433. The second-order valence-electron chi connectivity index (χ2n) is 4.12. The van der Waals surface area contributed by atoms with E-state index in [1.54, 1.807) is 21.1 Å². The number of aliphatic hydroxyl groups is 1. The van der Waals surface area contributed by atoms with E-state index >= 15 is 0 Å². The molecule has 6 nitrogen and oxygen atoms in total. The van der Waals surface area contributed by atoms with Gasteiger partial charge < -0.3 is 25.6 Å². The van der Waals surface area contributed by atoms with Crippen molar-refractivity contribution in [3.63, 3.8) is 0 Å². The summed E-state index contributed by atoms with van der Waals surface area (Å²) in [5.74, 6) is 1.64. The smallest absolute Gasteiger partial charge is 0.189 e. The first-order chi connectivity index (χ1) is 9.06. The minimum atomic E-state index is -0.463. The van der Waals surface area contributed by atoms with Crippen molar-refractivity contribution < 1.29 is 14.6 Å². The maximum Gasteiger partial charge on any atom is 0.189 e. The largest absolute Gasteiger partial charge is 0.493 e. The monoisotopic (exact) mass is 267 g/mol. The number of guanidine groups is 1. The molecule has 1 atom stereocenters. The van der Waals surface area contributed by atoms with E-state index in [1.807, 2.05) is 18.2 Å². The molecule has 0 heterocycles. The van der Waals surface area contributed by atoms with Crippen molar-refractivity contribution >= 4 is 5.96 Å². The standard InChI is InChI=1S/C13H21N3O3/c1-9(17)7-15-13(14)16-8-10-4-5-11(18-2)12(6-10)19-3/h4-6,9,17H,7-8H2,1-3H3,(H3,14,15,16). The molecule has 0 fully saturated rings. The van der Waals surface area contributed by atoms with Crippen LogP contribution in [0.3, 0.4) is 0 Å². The normalized spacial score (nSPS) is 12.9. The third-order valence-electron chi connectivity index (χ3n) is 2.46. The van der Waals surface area contributed by atoms with Crippen molar-refractivity contribution in [1.29, 1.82) is 0 Å². The van der Waals surface area contributed by atoms with Gasteiger partial charge in [0.15, 0.2) is 17.5 Å². The van der Waals surface area contributed by atoms with Gasteiger partial charge in [0.2, 0.25) is 0 Å². The van der Waals surface area contributed by atoms with Gasteiger partial charge in [0, 0.05) is 6.54 Å². The molecule has 1 rings (SSSR count). The molecule has 0 bridgehead atoms. The predicted molar refractivity (Wildman–Crippen MR) is 74.6 cm³/mol. The summed E-state index contributed by atoms with van der Waals surface area (Å²) in [5, 5.41) is 11.9. The molecule has 0 spiro atoms. The summed E-state index contributed by atoms with van der Waals surface area (Å²) in [6, 6.07) is 5.57. The first kappa shape index (κ1) is 15.1. The third kappa shape index (κ3) is 5.05. The summed E-state index contributed by atoms with van der Waals surface area (Å²) >= 11 is 0. The van der Waals surface area contributed by atoms with E-state index in [2.05, 4.69) is 10.3 Å². The van der Waals surface area contributed by atoms with Gasteiger partial charge in [-0.05, 0) is 24.6 Å². The van der Waals surface area contributed by atoms with Crippen LogP contribution in [0.15, 0.2) is 23.2 Å². The molecule has 0 amide bonds. The van der Waals surface area contributed by atoms with Gasteiger partial charge in [0.05, 0.1) is 26.9 Å². The summed E-state index contributed by atoms with van der Waals surface area (Å²) in [7, 11) is 3.18. The number of ether oxygens (including phenoxy) is 2. The van der Waals surface area contributed by atoms with Crippen LogP contribution < -0.4 is 20.5 Å². The van der Waals surface area contributed by atoms with Gasteiger partial charge in [-0.25, -0.2) is 4.99 Å². The summed E-state index contributed by atoms with van der Waals surface area (Å²) in [4.78, 5) is 4.17. The number of aliphatic imine (C=N–C) groups is 1. The maximum absolute atomic E-state index is 9.11. The number of methoxy groups -OCH3 is 2. The first-order valence-electron chi connectivity index (χ1n) is 5.99. The van der Waals surface area contributed by atoms with Gasteiger partial charge in [-0.2, -0.15) is 0 Å². The van der Waals surface area contributed by atoms with Gasteiger partial charge in [0.25, 0.3) is 0 Å². The Labute approximate surface area is 113 Å². The zero-order valence-electron chi connectivity index (χ0n) is 11.5. The molecular formula is C13H21N3O3. The van der Waals surface area contributed by atoms with Crippen LogP contribution in [0.4, 0.5) is 0 Å². The summed E-state index contributed by atoms with van der Waals surface area (Å²) < 4.78 is 10.4. The van der Waals surface area contributed by atoms with Crippen molar-refractivity contribution in [2.45, 2.75) is 19.6 Å². The Kier molecular flexibility index (Phi) is 5.95. The van der Waals surface area contributed by atoms with Crippen LogP contribution in [0.1, 0.15) is 12.5 Å². The summed E-state index contributed by atoms with van der Waals surface area (Å²) in [5.41, 5.74) is 6.63. The third-order valence-corrected chi connectivity index (χ3v) is 2.46. The molecule has 1 unspecified atom stereocenters. The first-order valence-corrected chi connectivity index (χ1v) is 5.99. The Morgan fingerprint density at radius 3 is 2.63 bits per heavy atom. The van der Waals surface area contributed by atoms with E-state index in [1.165, 1.54) is 0 Å². The maximum atomic E-state index is 9.11. The van der Waals surface area contributed by atoms with E-state index in [4.69, 9.17) is 20.3 Å². The molecule has 0 aliphatic carbocycles. The van der Waals surface area contributed by atoms with Crippen molar-refractivity contribution in [2.24, 2.45) is 10.7 Å². The van der Waals surface area contributed by atoms with E-state index in [9.17, 15) is 0 Å². The molecule has 0 aromatic heterocycles. The predicted octanol–water partition coefficient (Wildman–Crippen LogP) is 0.489. The van der Waals surface area contributed by atoms with Crippen molar-refractivity contribution in [2.75, 3.05) is 20.8 Å². The van der Waals surface area contributed by atoms with Crippen LogP contribution in [-0.2, 0) is 6.54 Å². The van der Waals surface area contributed by atoms with Crippen LogP contribution in [0.5, 0.6) is 11.5 Å². The molecular weight excluding hydrogens is 246 g/mol. The fourth-order valence-corrected chi connectivity index (χ4v) is 1.46. The molecule has 0 radical (unpaired) electrons. The van der Waals surface area contributed by atoms with Gasteiger partial charge in [-0.3, -0.25) is 0 Å². The highest BCUT2D eigenvalue weighted by atomic mass is 16.5. The molecule has 6 heteroatoms. The molecule has 0 aliphatic rings. The lowest BCUT2D eigenvalue weighted by Crippen LogP contribution is -2.36. The number of rotatable bonds is 6. The average Bonchev–Trinajstić information content (AvgIpc) is 2.42. The quantitative estimate of drug-likeness (QED) is 0.515. The number of nitrogens with one attached hydrogen (secondary N) is 1. The number of nitrogens with two attached hydrogens (primary N) is 1. The van der Waals surface area contributed by atoms with Crippen LogP contribution in [0.25, 0.3) is 0 Å². The van der Waals surface area contributed by atoms with Gasteiger partial charge in [0.1, 0.15) is 0 Å². The zero-order valence-corrected chi connectivity index (χ0v) is 11.5. The molecule has 106 valence electrons. The van der Waals surface area contributed by atoms with Crippen molar-refractivity contribution in [3.05, 3.63) is 23.8 Å². The second-order valence-corrected chi connectivity index (χ2v) is 4.12. The Balaban J connectivity index is 2.64. The van der Waals surface area contributed by atoms with Crippen LogP contribution in [0, 0.1) is 0 Å². The molecule has 19 heavy (non-hydrogen) atoms. The highest BCUT2D eigenvalue weighted by Crippen LogP contribution is 2.27. The van der Waals surface area contributed by atoms with E-state index in [0.29, 0.717) is 30.5 Å². The summed E-state index contributed by atoms with van der Waals surface area (Å²) in [6.07, 6.45) is -0.463. The number of aliphatic hydroxyl groups excluding tert-OH is 1. The minimum absolute atomic E-state index is 0.302. The lowest BCUT2D eigenvalue weighted by atomic mass is 10.2. The van der Waals surface area contributed by atoms with Crippen LogP contribution in [0.2, 0.25) is 0 Å². The van der Waals surface area contributed by atoms with E-state index in [0.717, 1.165) is 5.56 Å². The fraction of sp³-hybridized carbons (Fsp3) is 0.462. The highest BCUT2D eigenvalue weighted by Gasteiger charge is 2.04. The van der Waals surface area contributed by atoms with Gasteiger partial charge in [-0.15, -0.1) is 0 Å². The lowest BCUT2D eigenvalue weighted by molar-refractivity contribution is 0.198. The Morgan fingerprint density at radius 2 is 2.05 bits per heavy atom. The van der Waals surface area contributed by atoms with Crippen molar-refractivity contribution in [1.82, 2.24) is 5.32 Å². The number of hydrogen-bond acceptors (Lipinski definition) is 4. The van der Waals surface area contributed by atoms with Gasteiger partial charge >= 0.3 is 0 Å². The van der Waals surface area contributed by atoms with Gasteiger partial charge in [-0.1, -0.05) is 6.07 Å². The highest BCUT2D eigenvalue weighted by molar-refractivity contribution is 5.77. The topological polar surface area (TPSA) is 89.1 Å².